The van der Waals surface area contributed by atoms with Crippen LogP contribution in [0.4, 0.5) is 11.4 Å². The van der Waals surface area contributed by atoms with Crippen molar-refractivity contribution in [2.24, 2.45) is 0 Å². The van der Waals surface area contributed by atoms with Crippen molar-refractivity contribution in [1.82, 2.24) is 0 Å². The van der Waals surface area contributed by atoms with Crippen LogP contribution >= 0.6 is 23.2 Å². The van der Waals surface area contributed by atoms with Crippen LogP contribution < -0.4 is 20.1 Å². The van der Waals surface area contributed by atoms with Gasteiger partial charge in [-0.2, -0.15) is 0 Å². The summed E-state index contributed by atoms with van der Waals surface area (Å²) >= 11 is 11.9. The number of benzene rings is 3. The second-order valence-corrected chi connectivity index (χ2v) is 7.80. The summed E-state index contributed by atoms with van der Waals surface area (Å²) < 4.78 is 11.2. The van der Waals surface area contributed by atoms with Crippen LogP contribution in [0.25, 0.3) is 0 Å². The van der Waals surface area contributed by atoms with Gasteiger partial charge in [-0.15, -0.1) is 0 Å². The number of carbonyl (C=O) groups excluding carboxylic acids is 2. The topological polar surface area (TPSA) is 76.7 Å². The summed E-state index contributed by atoms with van der Waals surface area (Å²) in [5, 5.41) is 6.56. The Bertz CT molecular complexity index is 1070. The van der Waals surface area contributed by atoms with E-state index in [2.05, 4.69) is 10.6 Å². The predicted molar refractivity (Wildman–Crippen MR) is 127 cm³/mol. The molecule has 2 unspecified atom stereocenters. The van der Waals surface area contributed by atoms with Crippen molar-refractivity contribution in [2.75, 3.05) is 10.6 Å². The zero-order valence-corrected chi connectivity index (χ0v) is 19.0. The lowest BCUT2D eigenvalue weighted by atomic mass is 10.2. The molecule has 166 valence electrons. The fraction of sp³-hybridized carbons (Fsp3) is 0.167. The van der Waals surface area contributed by atoms with E-state index in [1.165, 1.54) is 0 Å². The van der Waals surface area contributed by atoms with Gasteiger partial charge >= 0.3 is 0 Å². The molecule has 0 aliphatic rings. The van der Waals surface area contributed by atoms with Crippen molar-refractivity contribution in [3.05, 3.63) is 82.8 Å². The highest BCUT2D eigenvalue weighted by molar-refractivity contribution is 6.32. The maximum absolute atomic E-state index is 12.4. The van der Waals surface area contributed by atoms with Crippen molar-refractivity contribution in [3.8, 4) is 11.5 Å². The number of para-hydroxylation sites is 1. The molecule has 0 saturated carbocycles. The summed E-state index contributed by atoms with van der Waals surface area (Å²) in [5.74, 6) is 0.346. The lowest BCUT2D eigenvalue weighted by Gasteiger charge is -2.16. The van der Waals surface area contributed by atoms with Crippen molar-refractivity contribution in [2.45, 2.75) is 26.1 Å². The molecule has 0 saturated heterocycles. The average Bonchev–Trinajstić information content (AvgIpc) is 2.78. The molecule has 0 radical (unpaired) electrons. The smallest absolute Gasteiger partial charge is 0.265 e. The number of amides is 2. The predicted octanol–water partition coefficient (Wildman–Crippen LogP) is 5.81. The molecule has 0 aliphatic heterocycles. The van der Waals surface area contributed by atoms with Gasteiger partial charge in [-0.3, -0.25) is 9.59 Å². The van der Waals surface area contributed by atoms with E-state index in [0.29, 0.717) is 32.9 Å². The number of anilines is 2. The number of rotatable bonds is 8. The molecule has 0 aliphatic carbocycles. The highest BCUT2D eigenvalue weighted by Gasteiger charge is 2.17. The highest BCUT2D eigenvalue weighted by atomic mass is 35.5. The molecule has 0 aromatic heterocycles. The van der Waals surface area contributed by atoms with E-state index in [1.54, 1.807) is 86.6 Å². The molecule has 8 heteroatoms. The molecular weight excluding hydrogens is 451 g/mol. The third-order valence-electron chi connectivity index (χ3n) is 4.43. The van der Waals surface area contributed by atoms with Gasteiger partial charge in [-0.05, 0) is 74.5 Å². The second kappa shape index (κ2) is 10.9. The molecule has 32 heavy (non-hydrogen) atoms. The molecular formula is C24H22Cl2N2O4. The Labute approximate surface area is 196 Å². The normalized spacial score (nSPS) is 12.4. The maximum Gasteiger partial charge on any atom is 0.265 e. The summed E-state index contributed by atoms with van der Waals surface area (Å²) in [6.45, 7) is 3.29. The Morgan fingerprint density at radius 2 is 1.22 bits per heavy atom. The summed E-state index contributed by atoms with van der Waals surface area (Å²) in [4.78, 5) is 24.8. The molecule has 2 amide bonds. The van der Waals surface area contributed by atoms with E-state index in [4.69, 9.17) is 32.7 Å². The van der Waals surface area contributed by atoms with Gasteiger partial charge in [0.25, 0.3) is 11.8 Å². The van der Waals surface area contributed by atoms with Crippen LogP contribution in [0.2, 0.25) is 10.0 Å². The molecule has 0 fully saturated rings. The molecule has 3 aromatic carbocycles. The van der Waals surface area contributed by atoms with Crippen LogP contribution in [-0.2, 0) is 9.59 Å². The summed E-state index contributed by atoms with van der Waals surface area (Å²) in [6, 6.07) is 20.4. The first kappa shape index (κ1) is 23.4. The monoisotopic (exact) mass is 472 g/mol. The van der Waals surface area contributed by atoms with Gasteiger partial charge in [0.1, 0.15) is 11.5 Å². The number of hydrogen-bond acceptors (Lipinski definition) is 4. The van der Waals surface area contributed by atoms with Gasteiger partial charge in [0.2, 0.25) is 0 Å². The van der Waals surface area contributed by atoms with Gasteiger partial charge in [-0.1, -0.05) is 35.3 Å². The lowest BCUT2D eigenvalue weighted by Crippen LogP contribution is -2.30. The van der Waals surface area contributed by atoms with Crippen LogP contribution in [0, 0.1) is 0 Å². The van der Waals surface area contributed by atoms with E-state index in [1.807, 2.05) is 0 Å². The Morgan fingerprint density at radius 3 is 1.75 bits per heavy atom. The molecule has 3 rings (SSSR count). The number of ether oxygens (including phenoxy) is 2. The first-order valence-electron chi connectivity index (χ1n) is 9.87. The largest absolute Gasteiger partial charge is 0.481 e. The van der Waals surface area contributed by atoms with E-state index in [-0.39, 0.29) is 11.8 Å². The fourth-order valence-corrected chi connectivity index (χ4v) is 2.99. The fourth-order valence-electron chi connectivity index (χ4n) is 2.68. The standard InChI is InChI=1S/C24H22Cl2N2O4/c1-15(31-20-13-7-17(25)8-14-20)23(29)27-18-9-11-19(12-10-18)28-24(30)16(2)32-22-6-4-3-5-21(22)26/h3-16H,1-2H3,(H,27,29)(H,28,30). The van der Waals surface area contributed by atoms with Gasteiger partial charge < -0.3 is 20.1 Å². The number of hydrogen-bond donors (Lipinski definition) is 2. The zero-order chi connectivity index (χ0) is 23.1. The molecule has 2 N–H and O–H groups in total. The minimum Gasteiger partial charge on any atom is -0.481 e. The van der Waals surface area contributed by atoms with E-state index in [9.17, 15) is 9.59 Å². The highest BCUT2D eigenvalue weighted by Crippen LogP contribution is 2.24. The Morgan fingerprint density at radius 1 is 0.719 bits per heavy atom. The van der Waals surface area contributed by atoms with Crippen molar-refractivity contribution in [3.63, 3.8) is 0 Å². The Kier molecular flexibility index (Phi) is 7.98. The second-order valence-electron chi connectivity index (χ2n) is 6.96. The first-order valence-corrected chi connectivity index (χ1v) is 10.6. The van der Waals surface area contributed by atoms with E-state index >= 15 is 0 Å². The minimum atomic E-state index is -0.750. The maximum atomic E-state index is 12.4. The lowest BCUT2D eigenvalue weighted by molar-refractivity contribution is -0.122. The van der Waals surface area contributed by atoms with Crippen molar-refractivity contribution in [1.29, 1.82) is 0 Å². The number of nitrogens with one attached hydrogen (secondary N) is 2. The zero-order valence-electron chi connectivity index (χ0n) is 17.5. The van der Waals surface area contributed by atoms with Gasteiger partial charge in [0.05, 0.1) is 5.02 Å². The molecule has 0 bridgehead atoms. The quantitative estimate of drug-likeness (QED) is 0.433. The summed E-state index contributed by atoms with van der Waals surface area (Å²) in [7, 11) is 0. The van der Waals surface area contributed by atoms with Crippen LogP contribution in [-0.4, -0.2) is 24.0 Å². The van der Waals surface area contributed by atoms with Gasteiger partial charge in [0.15, 0.2) is 12.2 Å². The third-order valence-corrected chi connectivity index (χ3v) is 4.99. The van der Waals surface area contributed by atoms with E-state index < -0.39 is 12.2 Å². The van der Waals surface area contributed by atoms with Gasteiger partial charge in [-0.25, -0.2) is 0 Å². The molecule has 2 atom stereocenters. The SMILES string of the molecule is CC(Oc1ccc(Cl)cc1)C(=O)Nc1ccc(NC(=O)C(C)Oc2ccccc2Cl)cc1. The Hall–Kier alpha value is -3.22. The van der Waals surface area contributed by atoms with Crippen LogP contribution in [0.1, 0.15) is 13.8 Å². The molecule has 3 aromatic rings. The third kappa shape index (κ3) is 6.64. The van der Waals surface area contributed by atoms with E-state index in [0.717, 1.165) is 0 Å². The van der Waals surface area contributed by atoms with Gasteiger partial charge in [0, 0.05) is 16.4 Å². The summed E-state index contributed by atoms with van der Waals surface area (Å²) in [5.41, 5.74) is 1.13. The Balaban J connectivity index is 1.51. The molecule has 6 nitrogen and oxygen atoms in total. The van der Waals surface area contributed by atoms with Crippen LogP contribution in [0.3, 0.4) is 0 Å². The van der Waals surface area contributed by atoms with Crippen LogP contribution in [0.5, 0.6) is 11.5 Å². The minimum absolute atomic E-state index is 0.307. The van der Waals surface area contributed by atoms with Crippen LogP contribution in [0.15, 0.2) is 72.8 Å². The summed E-state index contributed by atoms with van der Waals surface area (Å²) in [6.07, 6.45) is -1.46. The molecule has 0 spiro atoms. The number of halogens is 2. The first-order chi connectivity index (χ1) is 15.3. The van der Waals surface area contributed by atoms with Crippen molar-refractivity contribution >= 4 is 46.4 Å². The average molecular weight is 473 g/mol. The van der Waals surface area contributed by atoms with Crippen molar-refractivity contribution < 1.29 is 19.1 Å². The molecule has 0 heterocycles. The number of carbonyl (C=O) groups is 2.